The maximum Gasteiger partial charge on any atom is 0.410 e. The summed E-state index contributed by atoms with van der Waals surface area (Å²) in [6.07, 6.45) is -0.241. The molecule has 0 spiro atoms. The molecule has 0 radical (unpaired) electrons. The lowest BCUT2D eigenvalue weighted by atomic mass is 10.2. The van der Waals surface area contributed by atoms with Crippen LogP contribution in [0.3, 0.4) is 0 Å². The van der Waals surface area contributed by atoms with Crippen molar-refractivity contribution in [3.63, 3.8) is 0 Å². The van der Waals surface area contributed by atoms with E-state index < -0.39 is 5.60 Å². The smallest absolute Gasteiger partial charge is 0.410 e. The molecule has 1 unspecified atom stereocenters. The van der Waals surface area contributed by atoms with Gasteiger partial charge in [-0.05, 0) is 52.6 Å². The fraction of sp³-hybridized carbons (Fsp3) is 0.636. The molecule has 3 rings (SSSR count). The molecule has 166 valence electrons. The molecule has 30 heavy (non-hydrogen) atoms. The SMILES string of the molecule is CN(C)CCOc1cccc(CNC2=NCC3CN(C(=O)OC(C)(C)C)CCN23)c1. The molecule has 1 amide bonds. The van der Waals surface area contributed by atoms with Gasteiger partial charge in [0.05, 0.1) is 12.6 Å². The van der Waals surface area contributed by atoms with E-state index in [0.717, 1.165) is 30.4 Å². The molecule has 0 saturated carbocycles. The third kappa shape index (κ3) is 6.26. The number of guanidine groups is 1. The van der Waals surface area contributed by atoms with Crippen LogP contribution in [0.4, 0.5) is 4.79 Å². The van der Waals surface area contributed by atoms with E-state index in [1.165, 1.54) is 0 Å². The van der Waals surface area contributed by atoms with Crippen LogP contribution in [0.5, 0.6) is 5.75 Å². The van der Waals surface area contributed by atoms with Crippen LogP contribution < -0.4 is 10.1 Å². The number of hydrogen-bond donors (Lipinski definition) is 1. The maximum atomic E-state index is 12.4. The number of nitrogens with one attached hydrogen (secondary N) is 1. The molecule has 2 aliphatic heterocycles. The Hall–Kier alpha value is -2.48. The van der Waals surface area contributed by atoms with Crippen LogP contribution in [0.25, 0.3) is 0 Å². The van der Waals surface area contributed by atoms with Gasteiger partial charge in [0.15, 0.2) is 5.96 Å². The molecule has 0 aliphatic carbocycles. The molecule has 0 aromatic heterocycles. The van der Waals surface area contributed by atoms with E-state index in [1.807, 2.05) is 47.0 Å². The second-order valence-corrected chi connectivity index (χ2v) is 9.09. The quantitative estimate of drug-likeness (QED) is 0.764. The minimum Gasteiger partial charge on any atom is -0.492 e. The second-order valence-electron chi connectivity index (χ2n) is 9.09. The second kappa shape index (κ2) is 9.55. The Morgan fingerprint density at radius 3 is 2.83 bits per heavy atom. The molecule has 8 nitrogen and oxygen atoms in total. The molecular formula is C22H35N5O3. The number of nitrogens with zero attached hydrogens (tertiary/aromatic N) is 4. The third-order valence-electron chi connectivity index (χ3n) is 5.01. The molecule has 0 bridgehead atoms. The predicted octanol–water partition coefficient (Wildman–Crippen LogP) is 2.01. The number of likely N-dealkylation sites (N-methyl/N-ethyl adjacent to an activating group) is 1. The molecule has 1 N–H and O–H groups in total. The highest BCUT2D eigenvalue weighted by Crippen LogP contribution is 2.19. The minimum atomic E-state index is -0.474. The van der Waals surface area contributed by atoms with Crippen LogP contribution in [-0.4, -0.2) is 91.8 Å². The normalized spacial score (nSPS) is 18.9. The summed E-state index contributed by atoms with van der Waals surface area (Å²) in [6.45, 7) is 10.6. The van der Waals surface area contributed by atoms with Gasteiger partial charge in [0.2, 0.25) is 0 Å². The van der Waals surface area contributed by atoms with E-state index in [4.69, 9.17) is 9.47 Å². The zero-order valence-electron chi connectivity index (χ0n) is 18.9. The number of benzene rings is 1. The largest absolute Gasteiger partial charge is 0.492 e. The summed E-state index contributed by atoms with van der Waals surface area (Å²) >= 11 is 0. The Bertz CT molecular complexity index is 759. The van der Waals surface area contributed by atoms with Crippen LogP contribution >= 0.6 is 0 Å². The number of fused-ring (bicyclic) bond motifs is 1. The van der Waals surface area contributed by atoms with Gasteiger partial charge in [0.1, 0.15) is 18.0 Å². The maximum absolute atomic E-state index is 12.4. The van der Waals surface area contributed by atoms with E-state index in [-0.39, 0.29) is 12.1 Å². The predicted molar refractivity (Wildman–Crippen MR) is 118 cm³/mol. The number of amides is 1. The molecule has 1 fully saturated rings. The Morgan fingerprint density at radius 1 is 1.30 bits per heavy atom. The monoisotopic (exact) mass is 417 g/mol. The van der Waals surface area contributed by atoms with Crippen molar-refractivity contribution < 1.29 is 14.3 Å². The summed E-state index contributed by atoms with van der Waals surface area (Å²) in [7, 11) is 4.07. The Morgan fingerprint density at radius 2 is 2.10 bits per heavy atom. The fourth-order valence-electron chi connectivity index (χ4n) is 3.50. The number of ether oxygens (including phenoxy) is 2. The first kappa shape index (κ1) is 22.2. The standard InChI is InChI=1S/C22H35N5O3/c1-22(2,3)30-21(28)26-9-10-27-18(16-26)15-24-20(27)23-14-17-7-6-8-19(13-17)29-12-11-25(4)5/h6-8,13,18H,9-12,14-16H2,1-5H3,(H,23,24). The van der Waals surface area contributed by atoms with Crippen molar-refractivity contribution in [3.05, 3.63) is 29.8 Å². The highest BCUT2D eigenvalue weighted by Gasteiger charge is 2.36. The van der Waals surface area contributed by atoms with Crippen LogP contribution in [0.15, 0.2) is 29.3 Å². The van der Waals surface area contributed by atoms with E-state index in [1.54, 1.807) is 4.90 Å². The van der Waals surface area contributed by atoms with Gasteiger partial charge in [-0.3, -0.25) is 4.99 Å². The van der Waals surface area contributed by atoms with Crippen LogP contribution in [-0.2, 0) is 11.3 Å². The van der Waals surface area contributed by atoms with Crippen molar-refractivity contribution in [1.29, 1.82) is 0 Å². The number of hydrogen-bond acceptors (Lipinski definition) is 7. The van der Waals surface area contributed by atoms with Crippen LogP contribution in [0.2, 0.25) is 0 Å². The van der Waals surface area contributed by atoms with Gasteiger partial charge in [-0.1, -0.05) is 12.1 Å². The molecular weight excluding hydrogens is 382 g/mol. The zero-order valence-corrected chi connectivity index (χ0v) is 18.9. The zero-order chi connectivity index (χ0) is 21.7. The van der Waals surface area contributed by atoms with Crippen molar-refractivity contribution >= 4 is 12.1 Å². The summed E-state index contributed by atoms with van der Waals surface area (Å²) in [4.78, 5) is 23.2. The minimum absolute atomic E-state index is 0.203. The molecule has 1 aromatic carbocycles. The Balaban J connectivity index is 1.48. The molecule has 2 heterocycles. The average molecular weight is 418 g/mol. The molecule has 1 atom stereocenters. The number of piperazine rings is 1. The average Bonchev–Trinajstić information content (AvgIpc) is 3.07. The molecule has 1 aromatic rings. The topological polar surface area (TPSA) is 69.6 Å². The summed E-state index contributed by atoms with van der Waals surface area (Å²) in [5.41, 5.74) is 0.675. The lowest BCUT2D eigenvalue weighted by Gasteiger charge is -2.39. The number of carbonyl (C=O) groups excluding carboxylic acids is 1. The van der Waals surface area contributed by atoms with Gasteiger partial charge in [0.25, 0.3) is 0 Å². The highest BCUT2D eigenvalue weighted by molar-refractivity contribution is 5.82. The number of rotatable bonds is 6. The van der Waals surface area contributed by atoms with Crippen molar-refractivity contribution in [2.75, 3.05) is 53.4 Å². The molecule has 2 aliphatic rings. The van der Waals surface area contributed by atoms with Crippen LogP contribution in [0.1, 0.15) is 26.3 Å². The number of carbonyl (C=O) groups is 1. The summed E-state index contributed by atoms with van der Waals surface area (Å²) < 4.78 is 11.3. The van der Waals surface area contributed by atoms with Gasteiger partial charge in [-0.2, -0.15) is 0 Å². The first-order chi connectivity index (χ1) is 14.2. The Kier molecular flexibility index (Phi) is 7.07. The van der Waals surface area contributed by atoms with E-state index >= 15 is 0 Å². The number of aliphatic imine (C=N–C) groups is 1. The van der Waals surface area contributed by atoms with Gasteiger partial charge in [0, 0.05) is 32.7 Å². The summed E-state index contributed by atoms with van der Waals surface area (Å²) in [5, 5.41) is 3.46. The highest BCUT2D eigenvalue weighted by atomic mass is 16.6. The van der Waals surface area contributed by atoms with E-state index in [9.17, 15) is 4.79 Å². The van der Waals surface area contributed by atoms with Gasteiger partial charge in [-0.25, -0.2) is 4.79 Å². The Labute approximate surface area is 179 Å². The van der Waals surface area contributed by atoms with E-state index in [2.05, 4.69) is 32.2 Å². The lowest BCUT2D eigenvalue weighted by molar-refractivity contribution is 0.0137. The van der Waals surface area contributed by atoms with Gasteiger partial charge < -0.3 is 29.5 Å². The molecule has 8 heteroatoms. The summed E-state index contributed by atoms with van der Waals surface area (Å²) in [5.74, 6) is 1.79. The third-order valence-corrected chi connectivity index (χ3v) is 5.01. The first-order valence-corrected chi connectivity index (χ1v) is 10.6. The van der Waals surface area contributed by atoms with E-state index in [0.29, 0.717) is 32.8 Å². The summed E-state index contributed by atoms with van der Waals surface area (Å²) in [6, 6.07) is 8.35. The van der Waals surface area contributed by atoms with Crippen molar-refractivity contribution in [2.24, 2.45) is 4.99 Å². The first-order valence-electron chi connectivity index (χ1n) is 10.6. The van der Waals surface area contributed by atoms with Crippen molar-refractivity contribution in [1.82, 2.24) is 20.0 Å². The van der Waals surface area contributed by atoms with Gasteiger partial charge >= 0.3 is 6.09 Å². The van der Waals surface area contributed by atoms with Gasteiger partial charge in [-0.15, -0.1) is 0 Å². The molecule has 1 saturated heterocycles. The van der Waals surface area contributed by atoms with Crippen molar-refractivity contribution in [3.8, 4) is 5.75 Å². The van der Waals surface area contributed by atoms with Crippen molar-refractivity contribution in [2.45, 2.75) is 39.0 Å². The fourth-order valence-corrected chi connectivity index (χ4v) is 3.50. The lowest BCUT2D eigenvalue weighted by Crippen LogP contribution is -2.57. The van der Waals surface area contributed by atoms with Crippen LogP contribution in [0, 0.1) is 0 Å².